The second-order valence-corrected chi connectivity index (χ2v) is 8.73. The molecule has 142 valence electrons. The molecule has 3 rings (SSSR count). The minimum Gasteiger partial charge on any atom is -0.307 e. The summed E-state index contributed by atoms with van der Waals surface area (Å²) >= 11 is 0. The molecule has 1 aliphatic heterocycles. The number of anilines is 2. The summed E-state index contributed by atoms with van der Waals surface area (Å²) in [6, 6.07) is 13.9. The molecule has 0 N–H and O–H groups in total. The van der Waals surface area contributed by atoms with Crippen molar-refractivity contribution in [3.8, 4) is 0 Å². The molecular formula is C20H22N2O4S. The quantitative estimate of drug-likeness (QED) is 0.741. The number of carbonyl (C=O) groups excluding carboxylic acids is 2. The van der Waals surface area contributed by atoms with E-state index in [0.29, 0.717) is 11.3 Å². The molecule has 0 aliphatic carbocycles. The highest BCUT2D eigenvalue weighted by atomic mass is 32.2. The first kappa shape index (κ1) is 19.1. The molecule has 0 saturated carbocycles. The monoisotopic (exact) mass is 386 g/mol. The Bertz CT molecular complexity index is 1000. The number of Topliss-reactive ketones (excluding diaryl/α,β-unsaturated/α-hetero) is 1. The number of benzene rings is 2. The lowest BCUT2D eigenvalue weighted by Crippen LogP contribution is -2.45. The maximum Gasteiger partial charge on any atom is 0.248 e. The minimum atomic E-state index is -3.71. The molecule has 0 radical (unpaired) electrons. The van der Waals surface area contributed by atoms with Crippen molar-refractivity contribution in [2.24, 2.45) is 0 Å². The van der Waals surface area contributed by atoms with Gasteiger partial charge in [-0.1, -0.05) is 30.3 Å². The molecule has 27 heavy (non-hydrogen) atoms. The van der Waals surface area contributed by atoms with E-state index in [0.717, 1.165) is 28.2 Å². The molecular weight excluding hydrogens is 364 g/mol. The van der Waals surface area contributed by atoms with Crippen LogP contribution in [0.2, 0.25) is 0 Å². The van der Waals surface area contributed by atoms with Crippen molar-refractivity contribution in [1.29, 1.82) is 0 Å². The van der Waals surface area contributed by atoms with Crippen LogP contribution < -0.4 is 9.21 Å². The number of carbonyl (C=O) groups is 2. The number of ketones is 1. The van der Waals surface area contributed by atoms with E-state index < -0.39 is 10.0 Å². The summed E-state index contributed by atoms with van der Waals surface area (Å²) in [5.74, 6) is -0.468. The molecule has 0 aromatic heterocycles. The third kappa shape index (κ3) is 3.88. The van der Waals surface area contributed by atoms with Crippen LogP contribution in [0, 0.1) is 0 Å². The largest absolute Gasteiger partial charge is 0.307 e. The summed E-state index contributed by atoms with van der Waals surface area (Å²) < 4.78 is 25.8. The van der Waals surface area contributed by atoms with Crippen LogP contribution in [0.1, 0.15) is 29.8 Å². The fraction of sp³-hybridized carbons (Fsp3) is 0.300. The summed E-state index contributed by atoms with van der Waals surface area (Å²) in [5.41, 5.74) is 2.59. The fourth-order valence-corrected chi connectivity index (χ4v) is 4.27. The third-order valence-corrected chi connectivity index (χ3v) is 5.84. The second-order valence-electron chi connectivity index (χ2n) is 6.82. The first-order valence-electron chi connectivity index (χ1n) is 8.67. The van der Waals surface area contributed by atoms with Crippen molar-refractivity contribution in [1.82, 2.24) is 0 Å². The van der Waals surface area contributed by atoms with E-state index >= 15 is 0 Å². The average molecular weight is 386 g/mol. The first-order valence-corrected chi connectivity index (χ1v) is 10.5. The molecule has 2 aromatic carbocycles. The smallest absolute Gasteiger partial charge is 0.248 e. The Morgan fingerprint density at radius 1 is 1.15 bits per heavy atom. The number of rotatable bonds is 5. The topological polar surface area (TPSA) is 74.8 Å². The summed E-state index contributed by atoms with van der Waals surface area (Å²) in [4.78, 5) is 26.3. The van der Waals surface area contributed by atoms with Crippen molar-refractivity contribution in [3.05, 3.63) is 59.7 Å². The summed E-state index contributed by atoms with van der Waals surface area (Å²) in [5, 5.41) is 0. The molecule has 7 heteroatoms. The van der Waals surface area contributed by atoms with Crippen LogP contribution in [0.4, 0.5) is 11.4 Å². The predicted molar refractivity (Wildman–Crippen MR) is 106 cm³/mol. The van der Waals surface area contributed by atoms with E-state index in [9.17, 15) is 18.0 Å². The summed E-state index contributed by atoms with van der Waals surface area (Å²) in [6.45, 7) is 3.04. The van der Waals surface area contributed by atoms with E-state index in [2.05, 4.69) is 0 Å². The molecule has 1 heterocycles. The number of sulfonamides is 1. The van der Waals surface area contributed by atoms with Gasteiger partial charge in [0.05, 0.1) is 11.9 Å². The molecule has 2 aromatic rings. The molecule has 1 aliphatic rings. The zero-order chi connectivity index (χ0) is 19.8. The molecule has 1 amide bonds. The number of fused-ring (bicyclic) bond motifs is 1. The lowest BCUT2D eigenvalue weighted by atomic mass is 10.1. The van der Waals surface area contributed by atoms with Crippen molar-refractivity contribution in [3.63, 3.8) is 0 Å². The van der Waals surface area contributed by atoms with E-state index in [1.807, 2.05) is 31.2 Å². The van der Waals surface area contributed by atoms with Gasteiger partial charge in [0.15, 0.2) is 5.78 Å². The maximum absolute atomic E-state index is 13.0. The van der Waals surface area contributed by atoms with Crippen LogP contribution in [0.15, 0.2) is 48.5 Å². The van der Waals surface area contributed by atoms with Gasteiger partial charge >= 0.3 is 0 Å². The lowest BCUT2D eigenvalue weighted by molar-refractivity contribution is -0.117. The van der Waals surface area contributed by atoms with Gasteiger partial charge in [-0.05, 0) is 44.0 Å². The van der Waals surface area contributed by atoms with Crippen molar-refractivity contribution < 1.29 is 18.0 Å². The lowest BCUT2D eigenvalue weighted by Gasteiger charge is -2.28. The van der Waals surface area contributed by atoms with Crippen LogP contribution in [-0.2, 0) is 21.2 Å². The number of hydrogen-bond donors (Lipinski definition) is 0. The Balaban J connectivity index is 1.94. The molecule has 0 unspecified atom stereocenters. The molecule has 0 bridgehead atoms. The third-order valence-electron chi connectivity index (χ3n) is 4.70. The number of nitrogens with zero attached hydrogens (tertiary/aromatic N) is 2. The van der Waals surface area contributed by atoms with Crippen LogP contribution in [0.25, 0.3) is 0 Å². The van der Waals surface area contributed by atoms with Crippen LogP contribution in [0.5, 0.6) is 0 Å². The number of hydrogen-bond acceptors (Lipinski definition) is 4. The second kappa shape index (κ2) is 7.15. The Labute approximate surface area is 159 Å². The Hall–Kier alpha value is -2.67. The summed E-state index contributed by atoms with van der Waals surface area (Å²) in [6.07, 6.45) is 1.79. The van der Waals surface area contributed by atoms with E-state index in [1.165, 1.54) is 13.0 Å². The van der Waals surface area contributed by atoms with Gasteiger partial charge < -0.3 is 4.90 Å². The molecule has 0 spiro atoms. The van der Waals surface area contributed by atoms with E-state index in [4.69, 9.17) is 0 Å². The number of para-hydroxylation sites is 1. The highest BCUT2D eigenvalue weighted by molar-refractivity contribution is 7.92. The normalized spacial score (nSPS) is 16.1. The van der Waals surface area contributed by atoms with Gasteiger partial charge in [0.25, 0.3) is 0 Å². The Morgan fingerprint density at radius 3 is 2.52 bits per heavy atom. The SMILES string of the molecule is CC(=O)c1cccc(N(CC(=O)N2c3ccccc3C[C@@H]2C)S(C)(=O)=O)c1. The van der Waals surface area contributed by atoms with Crippen molar-refractivity contribution >= 4 is 33.1 Å². The van der Waals surface area contributed by atoms with Crippen LogP contribution in [-0.4, -0.2) is 39.0 Å². The van der Waals surface area contributed by atoms with Gasteiger partial charge in [-0.3, -0.25) is 13.9 Å². The summed E-state index contributed by atoms with van der Waals surface area (Å²) in [7, 11) is -3.71. The van der Waals surface area contributed by atoms with Gasteiger partial charge in [-0.2, -0.15) is 0 Å². The van der Waals surface area contributed by atoms with Crippen LogP contribution in [0.3, 0.4) is 0 Å². The Morgan fingerprint density at radius 2 is 1.85 bits per heavy atom. The van der Waals surface area contributed by atoms with Gasteiger partial charge in [0.1, 0.15) is 6.54 Å². The molecule has 1 atom stereocenters. The standard InChI is InChI=1S/C20H22N2O4S/c1-14-11-17-7-4-5-10-19(17)22(14)20(24)13-21(27(3,25)26)18-9-6-8-16(12-18)15(2)23/h4-10,12,14H,11,13H2,1-3H3/t14-/m0/s1. The van der Waals surface area contributed by atoms with Crippen molar-refractivity contribution in [2.75, 3.05) is 22.0 Å². The van der Waals surface area contributed by atoms with Crippen molar-refractivity contribution in [2.45, 2.75) is 26.3 Å². The average Bonchev–Trinajstić information content (AvgIpc) is 2.94. The van der Waals surface area contributed by atoms with E-state index in [-0.39, 0.29) is 24.3 Å². The minimum absolute atomic E-state index is 0.0418. The van der Waals surface area contributed by atoms with E-state index in [1.54, 1.807) is 23.1 Å². The first-order chi connectivity index (χ1) is 12.7. The molecule has 6 nitrogen and oxygen atoms in total. The Kier molecular flexibility index (Phi) is 5.06. The zero-order valence-electron chi connectivity index (χ0n) is 15.5. The number of amides is 1. The molecule has 0 saturated heterocycles. The van der Waals surface area contributed by atoms with Crippen LogP contribution >= 0.6 is 0 Å². The molecule has 0 fully saturated rings. The predicted octanol–water partition coefficient (Wildman–Crippen LogP) is 2.63. The maximum atomic E-state index is 13.0. The highest BCUT2D eigenvalue weighted by Gasteiger charge is 2.33. The zero-order valence-corrected chi connectivity index (χ0v) is 16.4. The van der Waals surface area contributed by atoms with Gasteiger partial charge in [0.2, 0.25) is 15.9 Å². The highest BCUT2D eigenvalue weighted by Crippen LogP contribution is 2.32. The fourth-order valence-electron chi connectivity index (χ4n) is 3.42. The van der Waals surface area contributed by atoms with Gasteiger partial charge in [-0.25, -0.2) is 8.42 Å². The van der Waals surface area contributed by atoms with Gasteiger partial charge in [0, 0.05) is 17.3 Å². The van der Waals surface area contributed by atoms with Gasteiger partial charge in [-0.15, -0.1) is 0 Å².